The first-order chi connectivity index (χ1) is 10.1. The molecule has 2 N–H and O–H groups in total. The average molecular weight is 280 g/mol. The van der Waals surface area contributed by atoms with Crippen molar-refractivity contribution in [1.29, 1.82) is 0 Å². The number of hydrogen-bond acceptors (Lipinski definition) is 2. The molecule has 3 aromatic rings. The summed E-state index contributed by atoms with van der Waals surface area (Å²) in [5.41, 5.74) is 9.50. The predicted octanol–water partition coefficient (Wildman–Crippen LogP) is 3.98. The summed E-state index contributed by atoms with van der Waals surface area (Å²) >= 11 is 0. The second-order valence-electron chi connectivity index (χ2n) is 5.30. The average Bonchev–Trinajstić information content (AvgIpc) is 2.49. The van der Waals surface area contributed by atoms with Crippen molar-refractivity contribution in [3.05, 3.63) is 77.2 Å². The fraction of sp³-hybridized carbons (Fsp3) is 0.167. The molecule has 0 fully saturated rings. The first-order valence-corrected chi connectivity index (χ1v) is 7.01. The lowest BCUT2D eigenvalue weighted by Crippen LogP contribution is -2.06. The number of rotatable bonds is 3. The van der Waals surface area contributed by atoms with Gasteiger partial charge >= 0.3 is 0 Å². The zero-order valence-corrected chi connectivity index (χ0v) is 11.9. The molecule has 0 amide bonds. The first-order valence-electron chi connectivity index (χ1n) is 7.01. The Balaban J connectivity index is 2.04. The van der Waals surface area contributed by atoms with Gasteiger partial charge in [-0.05, 0) is 41.8 Å². The second kappa shape index (κ2) is 5.62. The third-order valence-corrected chi connectivity index (χ3v) is 3.72. The molecule has 1 aromatic heterocycles. The van der Waals surface area contributed by atoms with Crippen LogP contribution in [-0.4, -0.2) is 4.98 Å². The van der Waals surface area contributed by atoms with Gasteiger partial charge in [-0.15, -0.1) is 0 Å². The Morgan fingerprint density at radius 1 is 1.10 bits per heavy atom. The smallest absolute Gasteiger partial charge is 0.126 e. The Morgan fingerprint density at radius 3 is 2.71 bits per heavy atom. The Morgan fingerprint density at radius 2 is 1.90 bits per heavy atom. The van der Waals surface area contributed by atoms with Crippen molar-refractivity contribution in [2.75, 3.05) is 0 Å². The van der Waals surface area contributed by atoms with E-state index in [4.69, 9.17) is 5.73 Å². The van der Waals surface area contributed by atoms with E-state index in [9.17, 15) is 4.39 Å². The number of benzene rings is 2. The van der Waals surface area contributed by atoms with E-state index in [-0.39, 0.29) is 11.9 Å². The van der Waals surface area contributed by atoms with Crippen LogP contribution in [0.25, 0.3) is 10.9 Å². The van der Waals surface area contributed by atoms with Crippen molar-refractivity contribution < 1.29 is 4.39 Å². The van der Waals surface area contributed by atoms with Crippen LogP contribution in [0.3, 0.4) is 0 Å². The Bertz CT molecular complexity index is 776. The van der Waals surface area contributed by atoms with Gasteiger partial charge in [0, 0.05) is 24.0 Å². The number of aromatic nitrogens is 1. The lowest BCUT2D eigenvalue weighted by atomic mass is 9.98. The molecular weight excluding hydrogens is 263 g/mol. The van der Waals surface area contributed by atoms with Gasteiger partial charge in [0.05, 0.1) is 5.52 Å². The van der Waals surface area contributed by atoms with E-state index < -0.39 is 0 Å². The van der Waals surface area contributed by atoms with Gasteiger partial charge in [0.2, 0.25) is 0 Å². The fourth-order valence-electron chi connectivity index (χ4n) is 2.53. The number of nitrogens with zero attached hydrogens (tertiary/aromatic N) is 1. The summed E-state index contributed by atoms with van der Waals surface area (Å²) < 4.78 is 14.1. The summed E-state index contributed by atoms with van der Waals surface area (Å²) in [4.78, 5) is 4.34. The third-order valence-electron chi connectivity index (χ3n) is 3.72. The molecule has 0 aliphatic rings. The largest absolute Gasteiger partial charge is 0.324 e. The van der Waals surface area contributed by atoms with Crippen LogP contribution < -0.4 is 5.73 Å². The molecule has 0 saturated heterocycles. The van der Waals surface area contributed by atoms with Crippen LogP contribution in [-0.2, 0) is 6.42 Å². The number of para-hydroxylation sites is 1. The van der Waals surface area contributed by atoms with Gasteiger partial charge in [-0.2, -0.15) is 0 Å². The van der Waals surface area contributed by atoms with Crippen molar-refractivity contribution >= 4 is 10.9 Å². The molecule has 106 valence electrons. The summed E-state index contributed by atoms with van der Waals surface area (Å²) in [5.74, 6) is -0.194. The molecule has 0 aliphatic carbocycles. The molecule has 21 heavy (non-hydrogen) atoms. The van der Waals surface area contributed by atoms with Crippen molar-refractivity contribution in [2.45, 2.75) is 19.4 Å². The molecular formula is C18H17FN2. The van der Waals surface area contributed by atoms with E-state index in [1.165, 1.54) is 6.07 Å². The molecule has 2 aromatic carbocycles. The SMILES string of the molecule is CC(N)c1ccc(F)c(Cc2ccnc3ccccc23)c1. The first kappa shape index (κ1) is 13.7. The second-order valence-corrected chi connectivity index (χ2v) is 5.30. The Labute approximate surface area is 123 Å². The zero-order valence-electron chi connectivity index (χ0n) is 11.9. The summed E-state index contributed by atoms with van der Waals surface area (Å²) in [5, 5.41) is 1.06. The van der Waals surface area contributed by atoms with Crippen molar-refractivity contribution in [3.8, 4) is 0 Å². The van der Waals surface area contributed by atoms with Crippen LogP contribution in [0.1, 0.15) is 29.7 Å². The quantitative estimate of drug-likeness (QED) is 0.788. The van der Waals surface area contributed by atoms with Gasteiger partial charge in [0.15, 0.2) is 0 Å². The molecule has 2 nitrogen and oxygen atoms in total. The summed E-state index contributed by atoms with van der Waals surface area (Å²) in [6.45, 7) is 1.90. The van der Waals surface area contributed by atoms with Gasteiger partial charge in [-0.1, -0.05) is 30.3 Å². The van der Waals surface area contributed by atoms with E-state index in [1.54, 1.807) is 12.3 Å². The normalized spacial score (nSPS) is 12.5. The number of hydrogen-bond donors (Lipinski definition) is 1. The zero-order chi connectivity index (χ0) is 14.8. The highest BCUT2D eigenvalue weighted by molar-refractivity contribution is 5.82. The van der Waals surface area contributed by atoms with Crippen LogP contribution in [0.2, 0.25) is 0 Å². The van der Waals surface area contributed by atoms with Crippen LogP contribution in [0.4, 0.5) is 4.39 Å². The van der Waals surface area contributed by atoms with Crippen LogP contribution in [0.5, 0.6) is 0 Å². The lowest BCUT2D eigenvalue weighted by Gasteiger charge is -2.11. The van der Waals surface area contributed by atoms with Crippen LogP contribution >= 0.6 is 0 Å². The van der Waals surface area contributed by atoms with Crippen LogP contribution in [0.15, 0.2) is 54.7 Å². The van der Waals surface area contributed by atoms with Gasteiger partial charge in [0.25, 0.3) is 0 Å². The lowest BCUT2D eigenvalue weighted by molar-refractivity contribution is 0.612. The molecule has 1 unspecified atom stereocenters. The number of fused-ring (bicyclic) bond motifs is 1. The maximum absolute atomic E-state index is 14.1. The topological polar surface area (TPSA) is 38.9 Å². The number of nitrogens with two attached hydrogens (primary N) is 1. The maximum Gasteiger partial charge on any atom is 0.126 e. The van der Waals surface area contributed by atoms with E-state index in [0.717, 1.165) is 22.0 Å². The van der Waals surface area contributed by atoms with Gasteiger partial charge in [-0.25, -0.2) is 4.39 Å². The van der Waals surface area contributed by atoms with E-state index in [2.05, 4.69) is 4.98 Å². The van der Waals surface area contributed by atoms with Gasteiger partial charge in [-0.3, -0.25) is 4.98 Å². The minimum Gasteiger partial charge on any atom is -0.324 e. The molecule has 0 aliphatic heterocycles. The highest BCUT2D eigenvalue weighted by Gasteiger charge is 2.09. The highest BCUT2D eigenvalue weighted by Crippen LogP contribution is 2.22. The molecule has 0 spiro atoms. The highest BCUT2D eigenvalue weighted by atomic mass is 19.1. The summed E-state index contributed by atoms with van der Waals surface area (Å²) in [6, 6.07) is 14.9. The van der Waals surface area contributed by atoms with Gasteiger partial charge in [0.1, 0.15) is 5.82 Å². The maximum atomic E-state index is 14.1. The minimum absolute atomic E-state index is 0.0986. The predicted molar refractivity (Wildman–Crippen MR) is 83.6 cm³/mol. The molecule has 0 bridgehead atoms. The standard InChI is InChI=1S/C18H17FN2/c1-12(20)13-6-7-17(19)15(10-13)11-14-8-9-21-18-5-3-2-4-16(14)18/h2-10,12H,11,20H2,1H3. The summed E-state index contributed by atoms with van der Waals surface area (Å²) in [7, 11) is 0. The Kier molecular flexibility index (Phi) is 3.67. The Hall–Kier alpha value is -2.26. The minimum atomic E-state index is -0.194. The van der Waals surface area contributed by atoms with E-state index >= 15 is 0 Å². The summed E-state index contributed by atoms with van der Waals surface area (Å²) in [6.07, 6.45) is 2.31. The molecule has 3 rings (SSSR count). The van der Waals surface area contributed by atoms with Gasteiger partial charge < -0.3 is 5.73 Å². The molecule has 0 saturated carbocycles. The van der Waals surface area contributed by atoms with Crippen molar-refractivity contribution in [2.24, 2.45) is 5.73 Å². The van der Waals surface area contributed by atoms with Crippen LogP contribution in [0, 0.1) is 5.82 Å². The van der Waals surface area contributed by atoms with E-state index in [0.29, 0.717) is 12.0 Å². The van der Waals surface area contributed by atoms with E-state index in [1.807, 2.05) is 43.3 Å². The molecule has 1 atom stereocenters. The number of halogens is 1. The van der Waals surface area contributed by atoms with Crippen molar-refractivity contribution in [3.63, 3.8) is 0 Å². The third kappa shape index (κ3) is 2.78. The molecule has 1 heterocycles. The van der Waals surface area contributed by atoms with Crippen molar-refractivity contribution in [1.82, 2.24) is 4.98 Å². The fourth-order valence-corrected chi connectivity index (χ4v) is 2.53. The molecule has 0 radical (unpaired) electrons. The molecule has 3 heteroatoms. The number of pyridine rings is 1. The monoisotopic (exact) mass is 280 g/mol.